The molecule has 0 aliphatic heterocycles. The van der Waals surface area contributed by atoms with E-state index in [4.69, 9.17) is 5.11 Å². The lowest BCUT2D eigenvalue weighted by molar-refractivity contribution is 0.295. The van der Waals surface area contributed by atoms with Crippen molar-refractivity contribution in [1.29, 1.82) is 0 Å². The molecule has 0 saturated carbocycles. The number of aliphatic hydroxyl groups is 1. The molecule has 0 aromatic carbocycles. The van der Waals surface area contributed by atoms with Gasteiger partial charge in [-0.25, -0.2) is 13.4 Å². The van der Waals surface area contributed by atoms with Crippen molar-refractivity contribution < 1.29 is 13.5 Å². The zero-order valence-corrected chi connectivity index (χ0v) is 9.29. The van der Waals surface area contributed by atoms with Crippen molar-refractivity contribution in [2.75, 3.05) is 17.1 Å². The number of hydrogen-bond donors (Lipinski definition) is 2. The maximum Gasteiger partial charge on any atom is 0.233 e. The van der Waals surface area contributed by atoms with E-state index in [1.165, 1.54) is 0 Å². The number of aliphatic hydroxyl groups excluding tert-OH is 1. The number of rotatable bonds is 5. The molecule has 2 N–H and O–H groups in total. The van der Waals surface area contributed by atoms with Gasteiger partial charge in [-0.3, -0.25) is 4.72 Å². The van der Waals surface area contributed by atoms with Crippen LogP contribution < -0.4 is 4.72 Å². The quantitative estimate of drug-likeness (QED) is 0.772. The average Bonchev–Trinajstić information content (AvgIpc) is 2.14. The fourth-order valence-corrected chi connectivity index (χ4v) is 2.11. The second kappa shape index (κ2) is 5.09. The molecule has 0 atom stereocenters. The number of nitrogens with one attached hydrogen (secondary N) is 1. The molecule has 1 aromatic rings. The van der Waals surface area contributed by atoms with Crippen molar-refractivity contribution >= 4 is 15.8 Å². The molecule has 5 nitrogen and oxygen atoms in total. The second-order valence-electron chi connectivity index (χ2n) is 3.16. The smallest absolute Gasteiger partial charge is 0.233 e. The van der Waals surface area contributed by atoms with Gasteiger partial charge in [0.05, 0.1) is 5.75 Å². The van der Waals surface area contributed by atoms with Crippen molar-refractivity contribution in [3.05, 3.63) is 23.9 Å². The van der Waals surface area contributed by atoms with Crippen molar-refractivity contribution in [2.45, 2.75) is 13.3 Å². The van der Waals surface area contributed by atoms with E-state index < -0.39 is 10.0 Å². The van der Waals surface area contributed by atoms with E-state index in [2.05, 4.69) is 9.71 Å². The van der Waals surface area contributed by atoms with E-state index in [0.717, 1.165) is 5.69 Å². The van der Waals surface area contributed by atoms with Crippen LogP contribution in [-0.2, 0) is 10.0 Å². The van der Waals surface area contributed by atoms with Gasteiger partial charge in [0.25, 0.3) is 0 Å². The van der Waals surface area contributed by atoms with Gasteiger partial charge in [0.1, 0.15) is 5.82 Å². The van der Waals surface area contributed by atoms with Gasteiger partial charge >= 0.3 is 0 Å². The zero-order chi connectivity index (χ0) is 11.3. The summed E-state index contributed by atoms with van der Waals surface area (Å²) < 4.78 is 25.2. The van der Waals surface area contributed by atoms with Crippen molar-refractivity contribution in [1.82, 2.24) is 4.98 Å². The molecular formula is C9H14N2O3S. The van der Waals surface area contributed by atoms with Crippen LogP contribution >= 0.6 is 0 Å². The number of sulfonamides is 1. The zero-order valence-electron chi connectivity index (χ0n) is 8.47. The van der Waals surface area contributed by atoms with E-state index in [-0.39, 0.29) is 18.8 Å². The lowest BCUT2D eigenvalue weighted by atomic mass is 10.4. The summed E-state index contributed by atoms with van der Waals surface area (Å²) in [6.45, 7) is 1.65. The summed E-state index contributed by atoms with van der Waals surface area (Å²) in [4.78, 5) is 4.01. The summed E-state index contributed by atoms with van der Waals surface area (Å²) in [7, 11) is -3.39. The first-order valence-corrected chi connectivity index (χ1v) is 6.24. The SMILES string of the molecule is Cc1cccc(NS(=O)(=O)CCCO)n1. The third kappa shape index (κ3) is 4.26. The first kappa shape index (κ1) is 11.9. The predicted octanol–water partition coefficient (Wildman–Crippen LogP) is 0.514. The van der Waals surface area contributed by atoms with Gasteiger partial charge in [-0.15, -0.1) is 0 Å². The molecule has 1 heterocycles. The number of hydrogen-bond acceptors (Lipinski definition) is 4. The van der Waals surface area contributed by atoms with Crippen LogP contribution in [-0.4, -0.2) is 30.9 Å². The lowest BCUT2D eigenvalue weighted by Gasteiger charge is -2.06. The van der Waals surface area contributed by atoms with Crippen LogP contribution in [0.3, 0.4) is 0 Å². The molecular weight excluding hydrogens is 216 g/mol. The highest BCUT2D eigenvalue weighted by Gasteiger charge is 2.10. The topological polar surface area (TPSA) is 79.3 Å². The molecule has 6 heteroatoms. The molecule has 1 aromatic heterocycles. The van der Waals surface area contributed by atoms with Gasteiger partial charge in [-0.05, 0) is 25.5 Å². The van der Waals surface area contributed by atoms with E-state index in [9.17, 15) is 8.42 Å². The van der Waals surface area contributed by atoms with E-state index >= 15 is 0 Å². The third-order valence-corrected chi connectivity index (χ3v) is 3.07. The Morgan fingerprint density at radius 3 is 2.80 bits per heavy atom. The first-order chi connectivity index (χ1) is 7.03. The summed E-state index contributed by atoms with van der Waals surface area (Å²) in [6, 6.07) is 5.10. The Balaban J connectivity index is 2.69. The molecule has 0 bridgehead atoms. The first-order valence-electron chi connectivity index (χ1n) is 4.58. The summed E-state index contributed by atoms with van der Waals surface area (Å²) in [6.07, 6.45) is 0.223. The van der Waals surface area contributed by atoms with Gasteiger partial charge in [0.2, 0.25) is 10.0 Å². The van der Waals surface area contributed by atoms with Gasteiger partial charge < -0.3 is 5.11 Å². The number of aromatic nitrogens is 1. The summed E-state index contributed by atoms with van der Waals surface area (Å²) in [5, 5.41) is 8.53. The molecule has 0 fully saturated rings. The maximum absolute atomic E-state index is 11.4. The van der Waals surface area contributed by atoms with Gasteiger partial charge in [0, 0.05) is 12.3 Å². The van der Waals surface area contributed by atoms with E-state index in [1.54, 1.807) is 25.1 Å². The van der Waals surface area contributed by atoms with Crippen molar-refractivity contribution in [3.8, 4) is 0 Å². The van der Waals surface area contributed by atoms with Gasteiger partial charge in [-0.1, -0.05) is 6.07 Å². The van der Waals surface area contributed by atoms with E-state index in [1.807, 2.05) is 0 Å². The van der Waals surface area contributed by atoms with Crippen LogP contribution in [0.25, 0.3) is 0 Å². The fourth-order valence-electron chi connectivity index (χ4n) is 1.06. The number of anilines is 1. The van der Waals surface area contributed by atoms with Gasteiger partial charge in [-0.2, -0.15) is 0 Å². The molecule has 0 spiro atoms. The Labute approximate surface area is 89.2 Å². The Morgan fingerprint density at radius 2 is 2.20 bits per heavy atom. The molecule has 84 valence electrons. The van der Waals surface area contributed by atoms with Gasteiger partial charge in [0.15, 0.2) is 0 Å². The van der Waals surface area contributed by atoms with Crippen LogP contribution in [0, 0.1) is 6.92 Å². The Hall–Kier alpha value is -1.14. The largest absolute Gasteiger partial charge is 0.396 e. The minimum atomic E-state index is -3.39. The minimum Gasteiger partial charge on any atom is -0.396 e. The molecule has 0 amide bonds. The second-order valence-corrected chi connectivity index (χ2v) is 5.00. The standard InChI is InChI=1S/C9H14N2O3S/c1-8-4-2-5-9(10-8)11-15(13,14)7-3-6-12/h2,4-5,12H,3,6-7H2,1H3,(H,10,11). The number of nitrogens with zero attached hydrogens (tertiary/aromatic N) is 1. The summed E-state index contributed by atoms with van der Waals surface area (Å²) in [5.41, 5.74) is 0.748. The minimum absolute atomic E-state index is 0.0981. The van der Waals surface area contributed by atoms with Crippen molar-refractivity contribution in [3.63, 3.8) is 0 Å². The van der Waals surface area contributed by atoms with Crippen LogP contribution in [0.15, 0.2) is 18.2 Å². The van der Waals surface area contributed by atoms with E-state index in [0.29, 0.717) is 5.82 Å². The summed E-state index contributed by atoms with van der Waals surface area (Å²) >= 11 is 0. The van der Waals surface area contributed by atoms with Crippen LogP contribution in [0.1, 0.15) is 12.1 Å². The molecule has 0 unspecified atom stereocenters. The normalized spacial score (nSPS) is 11.3. The monoisotopic (exact) mass is 230 g/mol. The highest BCUT2D eigenvalue weighted by atomic mass is 32.2. The molecule has 15 heavy (non-hydrogen) atoms. The summed E-state index contributed by atoms with van der Waals surface area (Å²) in [5.74, 6) is 0.215. The fraction of sp³-hybridized carbons (Fsp3) is 0.444. The Morgan fingerprint density at radius 1 is 1.47 bits per heavy atom. The molecule has 1 rings (SSSR count). The lowest BCUT2D eigenvalue weighted by Crippen LogP contribution is -2.18. The highest BCUT2D eigenvalue weighted by molar-refractivity contribution is 7.92. The van der Waals surface area contributed by atoms with Crippen LogP contribution in [0.4, 0.5) is 5.82 Å². The van der Waals surface area contributed by atoms with Crippen LogP contribution in [0.2, 0.25) is 0 Å². The Bertz CT molecular complexity index is 417. The number of aryl methyl sites for hydroxylation is 1. The van der Waals surface area contributed by atoms with Crippen molar-refractivity contribution in [2.24, 2.45) is 0 Å². The average molecular weight is 230 g/mol. The van der Waals surface area contributed by atoms with Crippen LogP contribution in [0.5, 0.6) is 0 Å². The third-order valence-electron chi connectivity index (χ3n) is 1.72. The predicted molar refractivity (Wildman–Crippen MR) is 58.1 cm³/mol. The molecule has 0 radical (unpaired) electrons. The molecule has 0 aliphatic rings. The number of pyridine rings is 1. The molecule has 0 aliphatic carbocycles. The highest BCUT2D eigenvalue weighted by Crippen LogP contribution is 2.06. The Kier molecular flexibility index (Phi) is 4.05. The molecule has 0 saturated heterocycles. The maximum atomic E-state index is 11.4.